The molecule has 0 spiro atoms. The van der Waals surface area contributed by atoms with Crippen molar-refractivity contribution in [2.24, 2.45) is 5.92 Å². The Hall–Kier alpha value is -3.27. The number of hydrogen-bond donors (Lipinski definition) is 2. The fourth-order valence-corrected chi connectivity index (χ4v) is 7.77. The van der Waals surface area contributed by atoms with Crippen molar-refractivity contribution in [1.82, 2.24) is 9.21 Å². The van der Waals surface area contributed by atoms with E-state index in [9.17, 15) is 31.1 Å². The van der Waals surface area contributed by atoms with E-state index < -0.39 is 49.8 Å². The number of ether oxygens (including phenoxy) is 2. The Kier molecular flexibility index (Phi) is 13.1. The third-order valence-electron chi connectivity index (χ3n) is 8.39. The smallest absolute Gasteiger partial charge is 0.261 e. The summed E-state index contributed by atoms with van der Waals surface area (Å²) in [5.41, 5.74) is 0.143. The van der Waals surface area contributed by atoms with Crippen molar-refractivity contribution in [1.29, 1.82) is 0 Å². The highest BCUT2D eigenvalue weighted by Crippen LogP contribution is 2.30. The highest BCUT2D eigenvalue weighted by Gasteiger charge is 2.32. The van der Waals surface area contributed by atoms with Crippen molar-refractivity contribution in [3.05, 3.63) is 83.1 Å². The summed E-state index contributed by atoms with van der Waals surface area (Å²) in [6, 6.07) is 13.9. The van der Waals surface area contributed by atoms with Gasteiger partial charge in [0.2, 0.25) is 10.0 Å². The molecule has 0 radical (unpaired) electrons. The van der Waals surface area contributed by atoms with Crippen molar-refractivity contribution in [2.75, 3.05) is 38.1 Å². The summed E-state index contributed by atoms with van der Waals surface area (Å²) < 4.78 is 82.6. The molecule has 0 unspecified atom stereocenters. The number of amides is 1. The summed E-state index contributed by atoms with van der Waals surface area (Å²) in [6.45, 7) is 5.42. The van der Waals surface area contributed by atoms with Crippen LogP contribution in [0.15, 0.2) is 76.5 Å². The molecule has 3 aromatic rings. The van der Waals surface area contributed by atoms with Crippen LogP contribution in [0, 0.1) is 11.7 Å². The summed E-state index contributed by atoms with van der Waals surface area (Å²) in [6.07, 6.45) is 1.09. The summed E-state index contributed by atoms with van der Waals surface area (Å²) >= 11 is 5.97. The van der Waals surface area contributed by atoms with Gasteiger partial charge in [0.25, 0.3) is 15.9 Å². The lowest BCUT2D eigenvalue weighted by Crippen LogP contribution is -2.48. The maximum Gasteiger partial charge on any atom is 0.261 e. The minimum atomic E-state index is -4.13. The number of benzene rings is 3. The number of rotatable bonds is 9. The fraction of sp³-hybridized carbons (Fsp3) is 0.441. The molecular weight excluding hydrogens is 697 g/mol. The zero-order valence-corrected chi connectivity index (χ0v) is 30.3. The maximum absolute atomic E-state index is 14.3. The predicted molar refractivity (Wildman–Crippen MR) is 185 cm³/mol. The number of sulfonamides is 2. The maximum atomic E-state index is 14.3. The van der Waals surface area contributed by atoms with Gasteiger partial charge >= 0.3 is 0 Å². The van der Waals surface area contributed by atoms with Gasteiger partial charge in [-0.15, -0.1) is 0 Å². The molecule has 4 rings (SSSR count). The average Bonchev–Trinajstić information content (AvgIpc) is 3.06. The van der Waals surface area contributed by atoms with Crippen LogP contribution in [-0.4, -0.2) is 88.7 Å². The molecule has 0 saturated heterocycles. The number of halogens is 2. The van der Waals surface area contributed by atoms with Gasteiger partial charge < -0.3 is 19.5 Å². The van der Waals surface area contributed by atoms with Crippen molar-refractivity contribution in [3.63, 3.8) is 0 Å². The largest absolute Gasteiger partial charge is 0.490 e. The molecule has 0 aromatic heterocycles. The standard InChI is InChI=1S/C34H43ClFN3O8S2/c1-23-20-39(24(2)22-40)34(41)31-19-28(37-48(42,43)29-15-10-27(36)11-16-29)12-17-32(31)47-25(3)7-5-6-18-46-33(23)21-38(4)49(44,45)30-13-8-26(35)9-14-30/h8-17,19,23-25,33,37,40H,5-7,18,20-22H2,1-4H3/t23-,24+,25+,33-/m1/s1. The number of nitrogens with zero attached hydrogens (tertiary/aromatic N) is 2. The Morgan fingerprint density at radius 3 is 2.33 bits per heavy atom. The Balaban J connectivity index is 1.67. The van der Waals surface area contributed by atoms with E-state index in [0.717, 1.165) is 30.7 Å². The van der Waals surface area contributed by atoms with Crippen LogP contribution in [0.2, 0.25) is 5.02 Å². The van der Waals surface area contributed by atoms with E-state index in [1.807, 2.05) is 13.8 Å². The van der Waals surface area contributed by atoms with Crippen LogP contribution in [0.3, 0.4) is 0 Å². The monoisotopic (exact) mass is 739 g/mol. The quantitative estimate of drug-likeness (QED) is 0.297. The number of fused-ring (bicyclic) bond motifs is 1. The van der Waals surface area contributed by atoms with E-state index in [1.54, 1.807) is 6.92 Å². The first-order valence-electron chi connectivity index (χ1n) is 16.0. The van der Waals surface area contributed by atoms with E-state index in [0.29, 0.717) is 24.5 Å². The molecule has 0 saturated carbocycles. The number of nitrogens with one attached hydrogen (secondary N) is 1. The first-order chi connectivity index (χ1) is 23.1. The van der Waals surface area contributed by atoms with Gasteiger partial charge in [-0.1, -0.05) is 18.5 Å². The molecule has 268 valence electrons. The second-order valence-corrected chi connectivity index (χ2v) is 16.5. The SMILES string of the molecule is C[C@@H]1CN([C@@H](C)CO)C(=O)c2cc(NS(=O)(=O)c3ccc(F)cc3)ccc2O[C@@H](C)CCCCO[C@@H]1CN(C)S(=O)(=O)c1ccc(Cl)cc1. The fourth-order valence-electron chi connectivity index (χ4n) is 5.41. The lowest BCUT2D eigenvalue weighted by molar-refractivity contribution is -0.00833. The molecule has 3 aromatic carbocycles. The summed E-state index contributed by atoms with van der Waals surface area (Å²) in [5, 5.41) is 10.6. The number of hydrogen-bond acceptors (Lipinski definition) is 8. The molecule has 0 aliphatic carbocycles. The first-order valence-corrected chi connectivity index (χ1v) is 19.3. The van der Waals surface area contributed by atoms with Gasteiger partial charge in [-0.25, -0.2) is 21.2 Å². The minimum absolute atomic E-state index is 0.00687. The van der Waals surface area contributed by atoms with E-state index in [1.165, 1.54) is 58.7 Å². The molecule has 0 bridgehead atoms. The highest BCUT2D eigenvalue weighted by molar-refractivity contribution is 7.92. The number of aliphatic hydroxyl groups excluding tert-OH is 1. The number of carbonyl (C=O) groups excluding carboxylic acids is 1. The lowest BCUT2D eigenvalue weighted by atomic mass is 10.0. The molecule has 11 nitrogen and oxygen atoms in total. The third kappa shape index (κ3) is 9.92. The zero-order chi connectivity index (χ0) is 35.9. The molecule has 0 fully saturated rings. The van der Waals surface area contributed by atoms with Crippen molar-refractivity contribution in [3.8, 4) is 5.75 Å². The second-order valence-electron chi connectivity index (χ2n) is 12.3. The molecule has 15 heteroatoms. The number of anilines is 1. The van der Waals surface area contributed by atoms with Crippen LogP contribution in [0.4, 0.5) is 10.1 Å². The molecule has 4 atom stereocenters. The predicted octanol–water partition coefficient (Wildman–Crippen LogP) is 5.40. The van der Waals surface area contributed by atoms with E-state index in [4.69, 9.17) is 21.1 Å². The van der Waals surface area contributed by atoms with Gasteiger partial charge in [0.1, 0.15) is 11.6 Å². The van der Waals surface area contributed by atoms with Crippen molar-refractivity contribution >= 4 is 43.2 Å². The van der Waals surface area contributed by atoms with Crippen LogP contribution in [0.25, 0.3) is 0 Å². The van der Waals surface area contributed by atoms with Crippen LogP contribution in [0.5, 0.6) is 5.75 Å². The van der Waals surface area contributed by atoms with E-state index in [-0.39, 0.29) is 52.6 Å². The summed E-state index contributed by atoms with van der Waals surface area (Å²) in [4.78, 5) is 15.7. The van der Waals surface area contributed by atoms with E-state index >= 15 is 0 Å². The molecule has 1 heterocycles. The minimum Gasteiger partial charge on any atom is -0.490 e. The normalized spacial score (nSPS) is 20.6. The molecule has 49 heavy (non-hydrogen) atoms. The van der Waals surface area contributed by atoms with Crippen LogP contribution in [0.1, 0.15) is 50.4 Å². The van der Waals surface area contributed by atoms with Gasteiger partial charge in [0, 0.05) is 43.4 Å². The van der Waals surface area contributed by atoms with Crippen molar-refractivity contribution in [2.45, 2.75) is 68.1 Å². The Labute approximate surface area is 293 Å². The van der Waals surface area contributed by atoms with Crippen LogP contribution < -0.4 is 9.46 Å². The number of likely N-dealkylation sites (N-methyl/N-ethyl adjacent to an activating group) is 1. The van der Waals surface area contributed by atoms with Crippen LogP contribution in [-0.2, 0) is 24.8 Å². The highest BCUT2D eigenvalue weighted by atomic mass is 35.5. The van der Waals surface area contributed by atoms with E-state index in [2.05, 4.69) is 4.72 Å². The number of carbonyl (C=O) groups is 1. The average molecular weight is 740 g/mol. The summed E-state index contributed by atoms with van der Waals surface area (Å²) in [7, 11) is -6.55. The zero-order valence-electron chi connectivity index (χ0n) is 27.9. The van der Waals surface area contributed by atoms with Gasteiger partial charge in [-0.05, 0) is 99.8 Å². The first kappa shape index (κ1) is 38.5. The van der Waals surface area contributed by atoms with Gasteiger partial charge in [0.15, 0.2) is 0 Å². The molecular formula is C34H43ClFN3O8S2. The van der Waals surface area contributed by atoms with Crippen LogP contribution >= 0.6 is 11.6 Å². The lowest BCUT2D eigenvalue weighted by Gasteiger charge is -2.35. The third-order valence-corrected chi connectivity index (χ3v) is 11.9. The van der Waals surface area contributed by atoms with Gasteiger partial charge in [-0.3, -0.25) is 9.52 Å². The molecule has 1 aliphatic heterocycles. The Morgan fingerprint density at radius 2 is 1.67 bits per heavy atom. The summed E-state index contributed by atoms with van der Waals surface area (Å²) in [5.74, 6) is -1.29. The number of aliphatic hydroxyl groups is 1. The molecule has 2 N–H and O–H groups in total. The van der Waals surface area contributed by atoms with Gasteiger partial charge in [0.05, 0.1) is 40.2 Å². The van der Waals surface area contributed by atoms with Gasteiger partial charge in [-0.2, -0.15) is 4.31 Å². The Bertz CT molecular complexity index is 1790. The van der Waals surface area contributed by atoms with Crippen molar-refractivity contribution < 1.29 is 40.6 Å². The topological polar surface area (TPSA) is 143 Å². The molecule has 1 aliphatic rings. The second kappa shape index (κ2) is 16.6. The molecule has 1 amide bonds. The Morgan fingerprint density at radius 1 is 1.02 bits per heavy atom.